The Labute approximate surface area is 78.6 Å². The van der Waals surface area contributed by atoms with Crippen molar-refractivity contribution >= 4 is 5.78 Å². The van der Waals surface area contributed by atoms with Crippen molar-refractivity contribution in [2.45, 2.75) is 56.7 Å². The van der Waals surface area contributed by atoms with Crippen LogP contribution in [0.5, 0.6) is 0 Å². The number of hydrogen-bond donors (Lipinski definition) is 0. The van der Waals surface area contributed by atoms with Crippen LogP contribution in [-0.4, -0.2) is 17.5 Å². The fraction of sp³-hybridized carbons (Fsp3) is 0.909. The van der Waals surface area contributed by atoms with E-state index in [4.69, 9.17) is 4.74 Å². The first-order valence-electron chi connectivity index (χ1n) is 5.48. The molecule has 3 aliphatic rings. The van der Waals surface area contributed by atoms with E-state index in [-0.39, 0.29) is 11.7 Å². The van der Waals surface area contributed by atoms with Crippen molar-refractivity contribution in [1.29, 1.82) is 0 Å². The molecule has 72 valence electrons. The number of ether oxygens (including phenoxy) is 1. The number of carbonyl (C=O) groups excluding carboxylic acids is 1. The molecule has 0 radical (unpaired) electrons. The highest BCUT2D eigenvalue weighted by Crippen LogP contribution is 2.50. The molecule has 2 heterocycles. The zero-order valence-electron chi connectivity index (χ0n) is 7.92. The summed E-state index contributed by atoms with van der Waals surface area (Å²) in [5.41, 5.74) is 0.0122. The van der Waals surface area contributed by atoms with Gasteiger partial charge in [-0.2, -0.15) is 0 Å². The fourth-order valence-electron chi connectivity index (χ4n) is 3.53. The van der Waals surface area contributed by atoms with Crippen LogP contribution in [-0.2, 0) is 9.53 Å². The Morgan fingerprint density at radius 3 is 3.15 bits per heavy atom. The fourth-order valence-corrected chi connectivity index (χ4v) is 3.53. The van der Waals surface area contributed by atoms with Gasteiger partial charge in [-0.05, 0) is 31.6 Å². The van der Waals surface area contributed by atoms with E-state index in [1.807, 2.05) is 0 Å². The van der Waals surface area contributed by atoms with E-state index in [1.54, 1.807) is 0 Å². The minimum atomic E-state index is 0.0122. The molecule has 1 aliphatic carbocycles. The van der Waals surface area contributed by atoms with E-state index in [0.29, 0.717) is 24.5 Å². The van der Waals surface area contributed by atoms with Gasteiger partial charge >= 0.3 is 0 Å². The molecule has 2 nitrogen and oxygen atoms in total. The molecule has 2 saturated heterocycles. The van der Waals surface area contributed by atoms with Gasteiger partial charge in [0.15, 0.2) is 0 Å². The van der Waals surface area contributed by atoms with Gasteiger partial charge < -0.3 is 4.74 Å². The molecule has 2 aliphatic heterocycles. The van der Waals surface area contributed by atoms with Crippen molar-refractivity contribution in [3.05, 3.63) is 0 Å². The van der Waals surface area contributed by atoms with Crippen LogP contribution < -0.4 is 0 Å². The highest BCUT2D eigenvalue weighted by Gasteiger charge is 2.51. The molecule has 2 heteroatoms. The maximum atomic E-state index is 11.5. The molecular formula is C11H16O2. The lowest BCUT2D eigenvalue weighted by molar-refractivity contribution is -0.183. The Hall–Kier alpha value is -0.370. The Balaban J connectivity index is 1.93. The largest absolute Gasteiger partial charge is 0.371 e. The standard InChI is InChI=1S/C11H16O2/c12-9-6-10-4-3-8-2-1-5-11(8,7-9)13-10/h8,10H,1-7H2/t8-,10+,11+/m1/s1. The summed E-state index contributed by atoms with van der Waals surface area (Å²) in [5.74, 6) is 1.15. The zero-order chi connectivity index (χ0) is 8.89. The number of hydrogen-bond acceptors (Lipinski definition) is 2. The molecule has 3 atom stereocenters. The summed E-state index contributed by atoms with van der Waals surface area (Å²) in [5, 5.41) is 0. The lowest BCUT2D eigenvalue weighted by Crippen LogP contribution is -2.50. The molecule has 0 aromatic carbocycles. The van der Waals surface area contributed by atoms with Crippen LogP contribution in [0.15, 0.2) is 0 Å². The molecular weight excluding hydrogens is 164 g/mol. The molecule has 3 fully saturated rings. The maximum absolute atomic E-state index is 11.5. The summed E-state index contributed by atoms with van der Waals surface area (Å²) in [7, 11) is 0. The second-order valence-electron chi connectivity index (χ2n) is 4.89. The molecule has 1 spiro atoms. The van der Waals surface area contributed by atoms with Gasteiger partial charge in [-0.1, -0.05) is 6.42 Å². The van der Waals surface area contributed by atoms with Gasteiger partial charge in [0, 0.05) is 12.8 Å². The van der Waals surface area contributed by atoms with E-state index in [0.717, 1.165) is 12.8 Å². The first-order chi connectivity index (χ1) is 6.28. The van der Waals surface area contributed by atoms with E-state index >= 15 is 0 Å². The number of ketones is 1. The average molecular weight is 180 g/mol. The summed E-state index contributed by atoms with van der Waals surface area (Å²) < 4.78 is 6.08. The molecule has 0 aromatic rings. The Bertz CT molecular complexity index is 248. The van der Waals surface area contributed by atoms with Crippen LogP contribution >= 0.6 is 0 Å². The molecule has 0 N–H and O–H groups in total. The third-order valence-electron chi connectivity index (χ3n) is 4.09. The maximum Gasteiger partial charge on any atom is 0.138 e. The normalized spacial score (nSPS) is 49.1. The number of fused-ring (bicyclic) bond motifs is 1. The van der Waals surface area contributed by atoms with Crippen LogP contribution in [0.4, 0.5) is 0 Å². The minimum Gasteiger partial charge on any atom is -0.371 e. The second-order valence-corrected chi connectivity index (χ2v) is 4.89. The van der Waals surface area contributed by atoms with Gasteiger partial charge in [-0.15, -0.1) is 0 Å². The number of Topliss-reactive ketones (excluding diaryl/α,β-unsaturated/α-hetero) is 1. The quantitative estimate of drug-likeness (QED) is 0.570. The predicted octanol–water partition coefficient (Wildman–Crippen LogP) is 2.07. The first-order valence-corrected chi connectivity index (χ1v) is 5.48. The number of carbonyl (C=O) groups is 1. The topological polar surface area (TPSA) is 26.3 Å². The second kappa shape index (κ2) is 2.57. The van der Waals surface area contributed by atoms with Gasteiger partial charge in [0.05, 0.1) is 11.7 Å². The molecule has 0 aromatic heterocycles. The minimum absolute atomic E-state index is 0.0122. The van der Waals surface area contributed by atoms with E-state index in [2.05, 4.69) is 0 Å². The first kappa shape index (κ1) is 7.98. The lowest BCUT2D eigenvalue weighted by Gasteiger charge is -2.46. The Morgan fingerprint density at radius 1 is 1.31 bits per heavy atom. The van der Waals surface area contributed by atoms with Gasteiger partial charge in [0.25, 0.3) is 0 Å². The Kier molecular flexibility index (Phi) is 1.58. The van der Waals surface area contributed by atoms with E-state index < -0.39 is 0 Å². The summed E-state index contributed by atoms with van der Waals surface area (Å²) in [4.78, 5) is 11.5. The van der Waals surface area contributed by atoms with Crippen molar-refractivity contribution in [2.24, 2.45) is 5.92 Å². The van der Waals surface area contributed by atoms with Gasteiger partial charge in [-0.25, -0.2) is 0 Å². The summed E-state index contributed by atoms with van der Waals surface area (Å²) in [6, 6.07) is 0. The van der Waals surface area contributed by atoms with Crippen LogP contribution in [0.2, 0.25) is 0 Å². The predicted molar refractivity (Wildman–Crippen MR) is 48.4 cm³/mol. The molecule has 3 rings (SSSR count). The van der Waals surface area contributed by atoms with E-state index in [9.17, 15) is 4.79 Å². The van der Waals surface area contributed by atoms with Crippen LogP contribution in [0.25, 0.3) is 0 Å². The molecule has 1 saturated carbocycles. The van der Waals surface area contributed by atoms with Crippen molar-refractivity contribution < 1.29 is 9.53 Å². The van der Waals surface area contributed by atoms with Crippen molar-refractivity contribution in [1.82, 2.24) is 0 Å². The third-order valence-corrected chi connectivity index (χ3v) is 4.09. The van der Waals surface area contributed by atoms with Crippen LogP contribution in [0, 0.1) is 5.92 Å². The van der Waals surface area contributed by atoms with Gasteiger partial charge in [0.2, 0.25) is 0 Å². The molecule has 2 bridgehead atoms. The van der Waals surface area contributed by atoms with Crippen LogP contribution in [0.3, 0.4) is 0 Å². The van der Waals surface area contributed by atoms with Crippen molar-refractivity contribution in [3.8, 4) is 0 Å². The highest BCUT2D eigenvalue weighted by atomic mass is 16.5. The lowest BCUT2D eigenvalue weighted by atomic mass is 9.75. The molecule has 0 unspecified atom stereocenters. The SMILES string of the molecule is O=C1C[C@@H]2CC[C@H]3CCC[C@@]3(C1)O2. The highest BCUT2D eigenvalue weighted by molar-refractivity contribution is 5.81. The Morgan fingerprint density at radius 2 is 2.23 bits per heavy atom. The average Bonchev–Trinajstić information content (AvgIpc) is 2.44. The molecule has 13 heavy (non-hydrogen) atoms. The molecule has 0 amide bonds. The summed E-state index contributed by atoms with van der Waals surface area (Å²) in [6.45, 7) is 0. The summed E-state index contributed by atoms with van der Waals surface area (Å²) >= 11 is 0. The van der Waals surface area contributed by atoms with Crippen molar-refractivity contribution in [3.63, 3.8) is 0 Å². The van der Waals surface area contributed by atoms with E-state index in [1.165, 1.54) is 19.3 Å². The van der Waals surface area contributed by atoms with Crippen molar-refractivity contribution in [2.75, 3.05) is 0 Å². The monoisotopic (exact) mass is 180 g/mol. The van der Waals surface area contributed by atoms with Crippen LogP contribution in [0.1, 0.15) is 44.9 Å². The smallest absolute Gasteiger partial charge is 0.138 e. The van der Waals surface area contributed by atoms with Gasteiger partial charge in [0.1, 0.15) is 5.78 Å². The van der Waals surface area contributed by atoms with Gasteiger partial charge in [-0.3, -0.25) is 4.79 Å². The summed E-state index contributed by atoms with van der Waals surface area (Å²) in [6.07, 6.45) is 7.80. The number of rotatable bonds is 0. The zero-order valence-corrected chi connectivity index (χ0v) is 7.92. The third kappa shape index (κ3) is 1.08.